The first-order chi connectivity index (χ1) is 18.0. The van der Waals surface area contributed by atoms with E-state index < -0.39 is 11.9 Å². The molecule has 7 nitrogen and oxygen atoms in total. The highest BCUT2D eigenvalue weighted by Crippen LogP contribution is 2.40. The number of hydrogen-bond donors (Lipinski definition) is 1. The summed E-state index contributed by atoms with van der Waals surface area (Å²) in [5, 5.41) is 5.09. The van der Waals surface area contributed by atoms with E-state index in [2.05, 4.69) is 5.32 Å². The van der Waals surface area contributed by atoms with Crippen LogP contribution in [0.25, 0.3) is 22.3 Å². The van der Waals surface area contributed by atoms with Crippen LogP contribution in [-0.4, -0.2) is 39.8 Å². The second-order valence-electron chi connectivity index (χ2n) is 7.89. The summed E-state index contributed by atoms with van der Waals surface area (Å²) in [4.78, 5) is 26.2. The number of nitrogens with one attached hydrogen (secondary N) is 1. The van der Waals surface area contributed by atoms with Gasteiger partial charge in [-0.25, -0.2) is 4.79 Å². The highest BCUT2D eigenvalue weighted by Gasteiger charge is 2.24. The molecule has 3 aromatic carbocycles. The number of carbonyl (C=O) groups is 2. The minimum Gasteiger partial charge on any atom is -0.493 e. The molecule has 0 radical (unpaired) electrons. The zero-order chi connectivity index (χ0) is 26.4. The molecule has 0 aliphatic carbocycles. The average molecular weight is 518 g/mol. The van der Waals surface area contributed by atoms with Crippen molar-refractivity contribution in [1.82, 2.24) is 0 Å². The molecule has 190 valence electrons. The van der Waals surface area contributed by atoms with E-state index in [9.17, 15) is 9.59 Å². The topological polar surface area (TPSA) is 83.1 Å². The fourth-order valence-electron chi connectivity index (χ4n) is 3.93. The summed E-state index contributed by atoms with van der Waals surface area (Å²) in [5.74, 6) is 0.140. The third kappa shape index (κ3) is 5.44. The Morgan fingerprint density at radius 1 is 0.811 bits per heavy atom. The molecule has 0 spiro atoms. The summed E-state index contributed by atoms with van der Waals surface area (Å²) in [5.41, 5.74) is 4.28. The highest BCUT2D eigenvalue weighted by molar-refractivity contribution is 7.15. The van der Waals surface area contributed by atoms with E-state index >= 15 is 0 Å². The van der Waals surface area contributed by atoms with Crippen LogP contribution in [0, 0.1) is 0 Å². The van der Waals surface area contributed by atoms with Gasteiger partial charge in [0.1, 0.15) is 10.6 Å². The number of amides is 1. The molecule has 1 amide bonds. The van der Waals surface area contributed by atoms with Crippen molar-refractivity contribution in [1.29, 1.82) is 0 Å². The number of hydrogen-bond acceptors (Lipinski definition) is 7. The summed E-state index contributed by atoms with van der Waals surface area (Å²) < 4.78 is 21.4. The Morgan fingerprint density at radius 2 is 1.41 bits per heavy atom. The molecule has 0 bridgehead atoms. The maximum atomic E-state index is 13.2. The summed E-state index contributed by atoms with van der Waals surface area (Å²) in [7, 11) is 4.45. The van der Waals surface area contributed by atoms with E-state index in [1.54, 1.807) is 19.1 Å². The number of carbonyl (C=O) groups excluding carboxylic acids is 2. The second kappa shape index (κ2) is 11.6. The second-order valence-corrected chi connectivity index (χ2v) is 8.77. The van der Waals surface area contributed by atoms with E-state index in [1.165, 1.54) is 32.7 Å². The zero-order valence-electron chi connectivity index (χ0n) is 21.0. The Bertz CT molecular complexity index is 1370. The van der Waals surface area contributed by atoms with Gasteiger partial charge in [-0.3, -0.25) is 4.79 Å². The first-order valence-electron chi connectivity index (χ1n) is 11.6. The number of anilines is 1. The molecule has 4 aromatic rings. The lowest BCUT2D eigenvalue weighted by atomic mass is 9.99. The molecular weight excluding hydrogens is 490 g/mol. The van der Waals surface area contributed by atoms with Gasteiger partial charge in [-0.15, -0.1) is 11.3 Å². The highest BCUT2D eigenvalue weighted by atomic mass is 32.1. The van der Waals surface area contributed by atoms with E-state index in [0.717, 1.165) is 16.7 Å². The first-order valence-corrected chi connectivity index (χ1v) is 12.4. The average Bonchev–Trinajstić information content (AvgIpc) is 3.36. The Balaban J connectivity index is 1.68. The van der Waals surface area contributed by atoms with Crippen molar-refractivity contribution < 1.29 is 28.5 Å². The minimum absolute atomic E-state index is 0.210. The van der Waals surface area contributed by atoms with Gasteiger partial charge in [-0.2, -0.15) is 0 Å². The molecule has 4 rings (SSSR count). The van der Waals surface area contributed by atoms with Crippen LogP contribution in [0.4, 0.5) is 5.00 Å². The van der Waals surface area contributed by atoms with E-state index in [0.29, 0.717) is 33.4 Å². The van der Waals surface area contributed by atoms with Gasteiger partial charge in [0, 0.05) is 16.5 Å². The van der Waals surface area contributed by atoms with Gasteiger partial charge in [0.25, 0.3) is 5.91 Å². The first kappa shape index (κ1) is 25.8. The van der Waals surface area contributed by atoms with Gasteiger partial charge in [0.15, 0.2) is 11.5 Å². The summed E-state index contributed by atoms with van der Waals surface area (Å²) in [6, 6.07) is 21.1. The van der Waals surface area contributed by atoms with Gasteiger partial charge >= 0.3 is 5.97 Å². The number of ether oxygens (including phenoxy) is 4. The molecule has 0 saturated carbocycles. The molecule has 1 heterocycles. The molecule has 8 heteroatoms. The Kier molecular flexibility index (Phi) is 8.10. The van der Waals surface area contributed by atoms with Crippen molar-refractivity contribution >= 4 is 28.2 Å². The van der Waals surface area contributed by atoms with Crippen LogP contribution in [0.5, 0.6) is 17.2 Å². The fraction of sp³-hybridized carbons (Fsp3) is 0.172. The van der Waals surface area contributed by atoms with Gasteiger partial charge in [-0.1, -0.05) is 54.6 Å². The van der Waals surface area contributed by atoms with Gasteiger partial charge in [-0.05, 0) is 35.7 Å². The number of methoxy groups -OCH3 is 3. The molecule has 0 saturated heterocycles. The maximum absolute atomic E-state index is 13.2. The molecule has 0 atom stereocenters. The van der Waals surface area contributed by atoms with E-state index in [4.69, 9.17) is 18.9 Å². The van der Waals surface area contributed by atoms with E-state index in [-0.39, 0.29) is 12.2 Å². The molecule has 0 aliphatic rings. The van der Waals surface area contributed by atoms with Crippen molar-refractivity contribution in [2.45, 2.75) is 6.92 Å². The number of rotatable bonds is 9. The third-order valence-electron chi connectivity index (χ3n) is 5.73. The third-order valence-corrected chi connectivity index (χ3v) is 6.62. The van der Waals surface area contributed by atoms with Crippen LogP contribution in [-0.2, 0) is 4.74 Å². The zero-order valence-corrected chi connectivity index (χ0v) is 21.8. The van der Waals surface area contributed by atoms with Crippen molar-refractivity contribution in [2.75, 3.05) is 33.3 Å². The summed E-state index contributed by atoms with van der Waals surface area (Å²) in [6.45, 7) is 1.95. The Hall–Kier alpha value is -4.30. The van der Waals surface area contributed by atoms with E-state index in [1.807, 2.05) is 60.0 Å². The van der Waals surface area contributed by atoms with Crippen LogP contribution in [0.1, 0.15) is 27.6 Å². The Morgan fingerprint density at radius 3 is 1.97 bits per heavy atom. The Labute approximate surface area is 219 Å². The van der Waals surface area contributed by atoms with Crippen LogP contribution in [0.15, 0.2) is 72.1 Å². The van der Waals surface area contributed by atoms with Gasteiger partial charge < -0.3 is 24.3 Å². The summed E-state index contributed by atoms with van der Waals surface area (Å²) in [6.07, 6.45) is 0. The molecule has 37 heavy (non-hydrogen) atoms. The van der Waals surface area contributed by atoms with Crippen LogP contribution >= 0.6 is 11.3 Å². The lowest BCUT2D eigenvalue weighted by molar-refractivity contribution is 0.0529. The molecule has 0 aliphatic heterocycles. The number of esters is 1. The molecule has 1 N–H and O–H groups in total. The minimum atomic E-state index is -0.508. The predicted octanol–water partition coefficient (Wildman–Crippen LogP) is 6.54. The van der Waals surface area contributed by atoms with Crippen molar-refractivity contribution in [3.05, 3.63) is 83.2 Å². The van der Waals surface area contributed by atoms with Gasteiger partial charge in [0.05, 0.1) is 27.9 Å². The monoisotopic (exact) mass is 517 g/mol. The fourth-order valence-corrected chi connectivity index (χ4v) is 4.88. The molecule has 1 aromatic heterocycles. The number of benzene rings is 3. The van der Waals surface area contributed by atoms with Crippen molar-refractivity contribution in [3.63, 3.8) is 0 Å². The SMILES string of the molecule is CCOC(=O)c1c(-c2ccc(-c3ccccc3)cc2)csc1NC(=O)c1cc(OC)c(OC)c(OC)c1. The predicted molar refractivity (Wildman–Crippen MR) is 145 cm³/mol. The van der Waals surface area contributed by atoms with Crippen LogP contribution < -0.4 is 19.5 Å². The van der Waals surface area contributed by atoms with Crippen molar-refractivity contribution in [2.24, 2.45) is 0 Å². The lowest BCUT2D eigenvalue weighted by Gasteiger charge is -2.14. The van der Waals surface area contributed by atoms with Crippen LogP contribution in [0.3, 0.4) is 0 Å². The lowest BCUT2D eigenvalue weighted by Crippen LogP contribution is -2.15. The van der Waals surface area contributed by atoms with Gasteiger partial charge in [0.2, 0.25) is 5.75 Å². The molecular formula is C29H27NO6S. The van der Waals surface area contributed by atoms with Crippen molar-refractivity contribution in [3.8, 4) is 39.5 Å². The molecule has 0 unspecified atom stereocenters. The largest absolute Gasteiger partial charge is 0.493 e. The standard InChI is InChI=1S/C29H27NO6S/c1-5-36-29(32)25-22(20-13-11-19(12-14-20)18-9-7-6-8-10-18)17-37-28(25)30-27(31)21-15-23(33-2)26(35-4)24(16-21)34-3/h6-17H,5H2,1-4H3,(H,30,31). The number of thiophene rings is 1. The smallest absolute Gasteiger partial charge is 0.341 e. The van der Waals surface area contributed by atoms with Crippen LogP contribution in [0.2, 0.25) is 0 Å². The maximum Gasteiger partial charge on any atom is 0.341 e. The molecule has 0 fully saturated rings. The normalized spacial score (nSPS) is 10.5. The summed E-state index contributed by atoms with van der Waals surface area (Å²) >= 11 is 1.26. The quantitative estimate of drug-likeness (QED) is 0.254.